The maximum absolute atomic E-state index is 11.5. The fourth-order valence-corrected chi connectivity index (χ4v) is 1.64. The fraction of sp³-hybridized carbons (Fsp3) is 0.429. The minimum absolute atomic E-state index is 0.130. The van der Waals surface area contributed by atoms with Gasteiger partial charge < -0.3 is 0 Å². The number of aromatic nitrogens is 3. The van der Waals surface area contributed by atoms with E-state index in [9.17, 15) is 13.2 Å². The van der Waals surface area contributed by atoms with Crippen LogP contribution in [0.1, 0.15) is 10.5 Å². The van der Waals surface area contributed by atoms with Crippen molar-refractivity contribution in [2.45, 2.75) is 5.25 Å². The molecule has 0 bridgehead atoms. The molecular formula is C7H8N4O3S. The summed E-state index contributed by atoms with van der Waals surface area (Å²) in [5.41, 5.74) is -0.130. The predicted molar refractivity (Wildman–Crippen MR) is 49.6 cm³/mol. The number of carbonyl (C=O) groups excluding carboxylic acids is 1. The molecule has 8 heteroatoms. The quantitative estimate of drug-likeness (QED) is 0.610. The molecule has 0 aromatic carbocycles. The molecule has 1 rings (SSSR count). The molecule has 15 heavy (non-hydrogen) atoms. The summed E-state index contributed by atoms with van der Waals surface area (Å²) in [7, 11) is -2.21. The summed E-state index contributed by atoms with van der Waals surface area (Å²) in [4.78, 5) is 11.5. The Balaban J connectivity index is 3.10. The Morgan fingerprint density at radius 3 is 2.60 bits per heavy atom. The topological polar surface area (TPSA) is 106 Å². The molecule has 0 aliphatic rings. The number of Topliss-reactive ketones (excluding diaryl/α,β-unsaturated/α-hetero) is 1. The minimum atomic E-state index is -3.74. The summed E-state index contributed by atoms with van der Waals surface area (Å²) in [6.45, 7) is 0. The van der Waals surface area contributed by atoms with Crippen LogP contribution in [0.2, 0.25) is 0 Å². The first-order valence-electron chi connectivity index (χ1n) is 3.85. The SMILES string of the molecule is Cn1cc(C(=O)C(C#N)S(C)(=O)=O)nn1. The van der Waals surface area contributed by atoms with E-state index in [2.05, 4.69) is 10.3 Å². The Kier molecular flexibility index (Phi) is 2.85. The van der Waals surface area contributed by atoms with E-state index in [1.54, 1.807) is 0 Å². The molecule has 0 saturated heterocycles. The van der Waals surface area contributed by atoms with Crippen molar-refractivity contribution >= 4 is 15.6 Å². The second-order valence-electron chi connectivity index (χ2n) is 2.98. The highest BCUT2D eigenvalue weighted by Gasteiger charge is 2.31. The van der Waals surface area contributed by atoms with Gasteiger partial charge in [0.1, 0.15) is 0 Å². The molecule has 1 unspecified atom stereocenters. The third-order valence-electron chi connectivity index (χ3n) is 1.64. The molecular weight excluding hydrogens is 220 g/mol. The van der Waals surface area contributed by atoms with Gasteiger partial charge in [-0.05, 0) is 0 Å². The number of nitrogens with zero attached hydrogens (tertiary/aromatic N) is 4. The highest BCUT2D eigenvalue weighted by atomic mass is 32.2. The van der Waals surface area contributed by atoms with Gasteiger partial charge in [0.15, 0.2) is 15.5 Å². The predicted octanol–water partition coefficient (Wildman–Crippen LogP) is -1.07. The number of rotatable bonds is 3. The Bertz CT molecular complexity index is 525. The zero-order valence-electron chi connectivity index (χ0n) is 8.08. The van der Waals surface area contributed by atoms with Gasteiger partial charge in [-0.25, -0.2) is 8.42 Å². The number of sulfone groups is 1. The Labute approximate surface area is 86.2 Å². The number of hydrogen-bond donors (Lipinski definition) is 0. The molecule has 80 valence electrons. The summed E-state index contributed by atoms with van der Waals surface area (Å²) in [5, 5.41) is 13.8. The Morgan fingerprint density at radius 1 is 1.67 bits per heavy atom. The molecule has 0 amide bonds. The van der Waals surface area contributed by atoms with Crippen LogP contribution < -0.4 is 0 Å². The molecule has 0 aliphatic heterocycles. The highest BCUT2D eigenvalue weighted by Crippen LogP contribution is 2.06. The largest absolute Gasteiger partial charge is 0.290 e. The zero-order valence-corrected chi connectivity index (χ0v) is 8.89. The maximum Gasteiger partial charge on any atom is 0.217 e. The molecule has 7 nitrogen and oxygen atoms in total. The van der Waals surface area contributed by atoms with E-state index >= 15 is 0 Å². The lowest BCUT2D eigenvalue weighted by atomic mass is 10.2. The van der Waals surface area contributed by atoms with Gasteiger partial charge >= 0.3 is 0 Å². The van der Waals surface area contributed by atoms with Crippen LogP contribution in [-0.4, -0.2) is 40.7 Å². The van der Waals surface area contributed by atoms with E-state index in [0.717, 1.165) is 6.26 Å². The van der Waals surface area contributed by atoms with Crippen molar-refractivity contribution in [1.82, 2.24) is 15.0 Å². The minimum Gasteiger partial charge on any atom is -0.290 e. The second kappa shape index (κ2) is 3.78. The Hall–Kier alpha value is -1.75. The van der Waals surface area contributed by atoms with Gasteiger partial charge in [-0.3, -0.25) is 9.48 Å². The number of ketones is 1. The lowest BCUT2D eigenvalue weighted by Gasteiger charge is -2.01. The molecule has 1 aromatic heterocycles. The second-order valence-corrected chi connectivity index (χ2v) is 5.11. The highest BCUT2D eigenvalue weighted by molar-refractivity contribution is 7.92. The smallest absolute Gasteiger partial charge is 0.217 e. The normalized spacial score (nSPS) is 13.1. The van der Waals surface area contributed by atoms with E-state index in [1.165, 1.54) is 24.0 Å². The summed E-state index contributed by atoms with van der Waals surface area (Å²) in [6.07, 6.45) is 2.09. The third kappa shape index (κ3) is 2.38. The molecule has 0 radical (unpaired) electrons. The van der Waals surface area contributed by atoms with Gasteiger partial charge in [-0.15, -0.1) is 5.10 Å². The number of aryl methyl sites for hydroxylation is 1. The molecule has 1 heterocycles. The van der Waals surface area contributed by atoms with Crippen LogP contribution in [0.15, 0.2) is 6.20 Å². The molecule has 0 N–H and O–H groups in total. The van der Waals surface area contributed by atoms with E-state index in [0.29, 0.717) is 0 Å². The van der Waals surface area contributed by atoms with Gasteiger partial charge in [-0.1, -0.05) is 5.21 Å². The van der Waals surface area contributed by atoms with Crippen LogP contribution in [0, 0.1) is 11.3 Å². The van der Waals surface area contributed by atoms with Crippen LogP contribution in [0.5, 0.6) is 0 Å². The first kappa shape index (κ1) is 11.3. The summed E-state index contributed by atoms with van der Waals surface area (Å²) < 4.78 is 23.4. The van der Waals surface area contributed by atoms with Crippen molar-refractivity contribution in [3.63, 3.8) is 0 Å². The van der Waals surface area contributed by atoms with Crippen LogP contribution >= 0.6 is 0 Å². The monoisotopic (exact) mass is 228 g/mol. The molecule has 0 spiro atoms. The molecule has 1 atom stereocenters. The van der Waals surface area contributed by atoms with Gasteiger partial charge in [0.05, 0.1) is 12.3 Å². The average Bonchev–Trinajstić information content (AvgIpc) is 2.50. The lowest BCUT2D eigenvalue weighted by Crippen LogP contribution is -2.28. The van der Waals surface area contributed by atoms with Gasteiger partial charge in [-0.2, -0.15) is 5.26 Å². The van der Waals surface area contributed by atoms with Crippen molar-refractivity contribution < 1.29 is 13.2 Å². The van der Waals surface area contributed by atoms with Gasteiger partial charge in [0.2, 0.25) is 11.0 Å². The van der Waals surface area contributed by atoms with Crippen LogP contribution in [-0.2, 0) is 16.9 Å². The third-order valence-corrected chi connectivity index (χ3v) is 2.81. The molecule has 0 fully saturated rings. The van der Waals surface area contributed by atoms with Crippen LogP contribution in [0.4, 0.5) is 0 Å². The van der Waals surface area contributed by atoms with E-state index in [-0.39, 0.29) is 5.69 Å². The molecule has 1 aromatic rings. The first-order valence-corrected chi connectivity index (χ1v) is 5.80. The fourth-order valence-electron chi connectivity index (χ4n) is 0.943. The van der Waals surface area contributed by atoms with E-state index in [4.69, 9.17) is 5.26 Å². The number of carbonyl (C=O) groups is 1. The molecule has 0 saturated carbocycles. The first-order chi connectivity index (χ1) is 6.86. The van der Waals surface area contributed by atoms with Crippen molar-refractivity contribution in [3.8, 4) is 6.07 Å². The van der Waals surface area contributed by atoms with Crippen molar-refractivity contribution in [2.75, 3.05) is 6.26 Å². The van der Waals surface area contributed by atoms with E-state index < -0.39 is 20.9 Å². The number of nitriles is 1. The van der Waals surface area contributed by atoms with Crippen molar-refractivity contribution in [2.24, 2.45) is 7.05 Å². The summed E-state index contributed by atoms with van der Waals surface area (Å²) in [5.74, 6) is -0.854. The van der Waals surface area contributed by atoms with E-state index in [1.807, 2.05) is 0 Å². The van der Waals surface area contributed by atoms with Crippen LogP contribution in [0.25, 0.3) is 0 Å². The van der Waals surface area contributed by atoms with Crippen molar-refractivity contribution in [3.05, 3.63) is 11.9 Å². The number of hydrogen-bond acceptors (Lipinski definition) is 6. The van der Waals surface area contributed by atoms with Gasteiger partial charge in [0.25, 0.3) is 0 Å². The standard InChI is InChI=1S/C7H8N4O3S/c1-11-4-5(9-10-11)7(12)6(3-8)15(2,13)14/h4,6H,1-2H3. The van der Waals surface area contributed by atoms with Crippen LogP contribution in [0.3, 0.4) is 0 Å². The summed E-state index contributed by atoms with van der Waals surface area (Å²) >= 11 is 0. The Morgan fingerprint density at radius 2 is 2.27 bits per heavy atom. The van der Waals surface area contributed by atoms with Crippen molar-refractivity contribution in [1.29, 1.82) is 5.26 Å². The lowest BCUT2D eigenvalue weighted by molar-refractivity contribution is 0.0996. The summed E-state index contributed by atoms with van der Waals surface area (Å²) in [6, 6.07) is 1.43. The maximum atomic E-state index is 11.5. The zero-order chi connectivity index (χ0) is 11.6. The average molecular weight is 228 g/mol. The van der Waals surface area contributed by atoms with Gasteiger partial charge in [0, 0.05) is 13.3 Å². The molecule has 0 aliphatic carbocycles.